The Morgan fingerprint density at radius 2 is 1.87 bits per heavy atom. The summed E-state index contributed by atoms with van der Waals surface area (Å²) in [4.78, 5) is 22.5. The van der Waals surface area contributed by atoms with Gasteiger partial charge < -0.3 is 15.2 Å². The lowest BCUT2D eigenvalue weighted by Gasteiger charge is -2.18. The molecule has 88 valence electrons. The van der Waals surface area contributed by atoms with E-state index in [1.165, 1.54) is 14.0 Å². The Morgan fingerprint density at radius 1 is 1.33 bits per heavy atom. The molecule has 0 rings (SSSR count). The molecule has 0 saturated carbocycles. The Morgan fingerprint density at radius 3 is 2.20 bits per heavy atom. The minimum atomic E-state index is -1.12. The third-order valence-electron chi connectivity index (χ3n) is 1.89. The van der Waals surface area contributed by atoms with Crippen LogP contribution in [0.15, 0.2) is 0 Å². The van der Waals surface area contributed by atoms with E-state index in [1.807, 2.05) is 13.8 Å². The average Bonchev–Trinajstić information content (AvgIpc) is 2.14. The van der Waals surface area contributed by atoms with Crippen molar-refractivity contribution < 1.29 is 19.4 Å². The van der Waals surface area contributed by atoms with Crippen LogP contribution in [-0.4, -0.2) is 36.2 Å². The lowest BCUT2D eigenvalue weighted by Crippen LogP contribution is -2.45. The number of ether oxygens (including phenoxy) is 1. The van der Waals surface area contributed by atoms with E-state index in [0.717, 1.165) is 0 Å². The van der Waals surface area contributed by atoms with Crippen molar-refractivity contribution in [1.29, 1.82) is 0 Å². The van der Waals surface area contributed by atoms with Gasteiger partial charge >= 0.3 is 5.97 Å². The molecule has 0 aliphatic carbocycles. The summed E-state index contributed by atoms with van der Waals surface area (Å²) in [6, 6.07) is -0.683. The zero-order valence-corrected chi connectivity index (χ0v) is 9.61. The fourth-order valence-electron chi connectivity index (χ4n) is 1.12. The second kappa shape index (κ2) is 6.40. The molecule has 0 radical (unpaired) electrons. The van der Waals surface area contributed by atoms with Crippen LogP contribution in [0.1, 0.15) is 27.2 Å². The summed E-state index contributed by atoms with van der Waals surface area (Å²) in [5.41, 5.74) is 0. The van der Waals surface area contributed by atoms with Crippen LogP contribution in [0.2, 0.25) is 0 Å². The van der Waals surface area contributed by atoms with E-state index in [4.69, 9.17) is 5.11 Å². The number of nitrogens with one attached hydrogen (secondary N) is 1. The van der Waals surface area contributed by atoms with E-state index in [9.17, 15) is 9.59 Å². The largest absolute Gasteiger partial charge is 0.467 e. The summed E-state index contributed by atoms with van der Waals surface area (Å²) in [6.07, 6.45) is -0.630. The van der Waals surface area contributed by atoms with Gasteiger partial charge in [-0.3, -0.25) is 4.79 Å². The summed E-state index contributed by atoms with van der Waals surface area (Å²) in [6.45, 7) is 5.22. The fraction of sp³-hybridized carbons (Fsp3) is 0.800. The molecule has 0 spiro atoms. The first-order valence-electron chi connectivity index (χ1n) is 4.94. The van der Waals surface area contributed by atoms with Crippen LogP contribution < -0.4 is 5.32 Å². The van der Waals surface area contributed by atoms with Crippen LogP contribution in [-0.2, 0) is 14.3 Å². The molecule has 0 aliphatic heterocycles. The third kappa shape index (κ3) is 5.37. The predicted molar refractivity (Wildman–Crippen MR) is 55.1 cm³/mol. The smallest absolute Gasteiger partial charge is 0.328 e. The predicted octanol–water partition coefficient (Wildman–Crippen LogP) is 0.0711. The molecular formula is C10H19NO4. The lowest BCUT2D eigenvalue weighted by atomic mass is 10.0. The molecule has 0 unspecified atom stereocenters. The number of esters is 1. The van der Waals surface area contributed by atoms with Crippen molar-refractivity contribution in [3.63, 3.8) is 0 Å². The van der Waals surface area contributed by atoms with Gasteiger partial charge in [0.05, 0.1) is 7.11 Å². The highest BCUT2D eigenvalue weighted by Crippen LogP contribution is 2.06. The number of amides is 1. The molecule has 0 fully saturated rings. The number of aliphatic hydroxyl groups is 1. The molecule has 0 aromatic rings. The summed E-state index contributed by atoms with van der Waals surface area (Å²) < 4.78 is 4.56. The summed E-state index contributed by atoms with van der Waals surface area (Å²) in [7, 11) is 1.27. The highest BCUT2D eigenvalue weighted by molar-refractivity contribution is 5.86. The van der Waals surface area contributed by atoms with Crippen LogP contribution in [0.3, 0.4) is 0 Å². The van der Waals surface area contributed by atoms with E-state index < -0.39 is 24.0 Å². The van der Waals surface area contributed by atoms with Gasteiger partial charge in [-0.2, -0.15) is 0 Å². The number of hydrogen-bond donors (Lipinski definition) is 2. The average molecular weight is 217 g/mol. The molecule has 2 N–H and O–H groups in total. The molecule has 0 aliphatic rings. The third-order valence-corrected chi connectivity index (χ3v) is 1.89. The first-order chi connectivity index (χ1) is 6.88. The van der Waals surface area contributed by atoms with Crippen molar-refractivity contribution in [2.45, 2.75) is 39.3 Å². The van der Waals surface area contributed by atoms with Crippen molar-refractivity contribution in [3.05, 3.63) is 0 Å². The van der Waals surface area contributed by atoms with Gasteiger partial charge in [0.15, 0.2) is 0 Å². The Balaban J connectivity index is 4.37. The molecule has 0 aromatic heterocycles. The highest BCUT2D eigenvalue weighted by Gasteiger charge is 2.23. The lowest BCUT2D eigenvalue weighted by molar-refractivity contribution is -0.146. The Kier molecular flexibility index (Phi) is 5.93. The van der Waals surface area contributed by atoms with Gasteiger partial charge in [0, 0.05) is 0 Å². The maximum absolute atomic E-state index is 11.3. The van der Waals surface area contributed by atoms with Gasteiger partial charge in [-0.15, -0.1) is 0 Å². The SMILES string of the molecule is COC(=O)[C@H](CC(C)C)NC(=O)[C@@H](C)O. The number of rotatable bonds is 5. The van der Waals surface area contributed by atoms with E-state index >= 15 is 0 Å². The van der Waals surface area contributed by atoms with E-state index in [-0.39, 0.29) is 5.92 Å². The van der Waals surface area contributed by atoms with Gasteiger partial charge in [0.25, 0.3) is 0 Å². The topological polar surface area (TPSA) is 75.6 Å². The Hall–Kier alpha value is -1.10. The van der Waals surface area contributed by atoms with E-state index in [2.05, 4.69) is 10.1 Å². The standard InChI is InChI=1S/C10H19NO4/c1-6(2)5-8(10(14)15-4)11-9(13)7(3)12/h6-8,12H,5H2,1-4H3,(H,11,13)/t7-,8+/m1/s1. The molecule has 5 nitrogen and oxygen atoms in total. The molecule has 2 atom stereocenters. The summed E-state index contributed by atoms with van der Waals surface area (Å²) in [5.74, 6) is -0.799. The number of aliphatic hydroxyl groups excluding tert-OH is 1. The number of methoxy groups -OCH3 is 1. The molecular weight excluding hydrogens is 198 g/mol. The van der Waals surface area contributed by atoms with Crippen molar-refractivity contribution in [2.24, 2.45) is 5.92 Å². The van der Waals surface area contributed by atoms with Crippen molar-refractivity contribution >= 4 is 11.9 Å². The summed E-state index contributed by atoms with van der Waals surface area (Å²) >= 11 is 0. The maximum Gasteiger partial charge on any atom is 0.328 e. The number of carbonyl (C=O) groups is 2. The molecule has 0 heterocycles. The second-order valence-electron chi connectivity index (χ2n) is 3.89. The summed E-state index contributed by atoms with van der Waals surface area (Å²) in [5, 5.41) is 11.4. The maximum atomic E-state index is 11.3. The molecule has 1 amide bonds. The van der Waals surface area contributed by atoms with Crippen molar-refractivity contribution in [1.82, 2.24) is 5.32 Å². The molecule has 0 bridgehead atoms. The first kappa shape index (κ1) is 13.9. The van der Waals surface area contributed by atoms with Gasteiger partial charge in [-0.05, 0) is 19.3 Å². The number of carbonyl (C=O) groups excluding carboxylic acids is 2. The van der Waals surface area contributed by atoms with Gasteiger partial charge in [0.2, 0.25) is 5.91 Å². The Labute approximate surface area is 89.8 Å². The van der Waals surface area contributed by atoms with Crippen molar-refractivity contribution in [3.8, 4) is 0 Å². The zero-order chi connectivity index (χ0) is 12.0. The number of hydrogen-bond acceptors (Lipinski definition) is 4. The van der Waals surface area contributed by atoms with E-state index in [1.54, 1.807) is 0 Å². The minimum absolute atomic E-state index is 0.253. The van der Waals surface area contributed by atoms with Crippen LogP contribution in [0.4, 0.5) is 0 Å². The van der Waals surface area contributed by atoms with E-state index in [0.29, 0.717) is 6.42 Å². The van der Waals surface area contributed by atoms with Gasteiger partial charge in [0.1, 0.15) is 12.1 Å². The first-order valence-corrected chi connectivity index (χ1v) is 4.94. The van der Waals surface area contributed by atoms with Gasteiger partial charge in [-0.1, -0.05) is 13.8 Å². The van der Waals surface area contributed by atoms with Crippen molar-refractivity contribution in [2.75, 3.05) is 7.11 Å². The minimum Gasteiger partial charge on any atom is -0.467 e. The highest BCUT2D eigenvalue weighted by atomic mass is 16.5. The molecule has 0 saturated heterocycles. The second-order valence-corrected chi connectivity index (χ2v) is 3.89. The van der Waals surface area contributed by atoms with Crippen LogP contribution in [0.25, 0.3) is 0 Å². The van der Waals surface area contributed by atoms with Crippen LogP contribution >= 0.6 is 0 Å². The fourth-order valence-corrected chi connectivity index (χ4v) is 1.12. The normalized spacial score (nSPS) is 14.5. The van der Waals surface area contributed by atoms with Crippen LogP contribution in [0, 0.1) is 5.92 Å². The molecule has 0 aromatic carbocycles. The Bertz CT molecular complexity index is 225. The van der Waals surface area contributed by atoms with Gasteiger partial charge in [-0.25, -0.2) is 4.79 Å². The van der Waals surface area contributed by atoms with Crippen LogP contribution in [0.5, 0.6) is 0 Å². The monoisotopic (exact) mass is 217 g/mol. The quantitative estimate of drug-likeness (QED) is 0.639. The molecule has 5 heteroatoms. The zero-order valence-electron chi connectivity index (χ0n) is 9.61. The molecule has 15 heavy (non-hydrogen) atoms.